The fraction of sp³-hybridized carbons (Fsp3) is 0.600. The lowest BCUT2D eigenvalue weighted by Gasteiger charge is -2.21. The van der Waals surface area contributed by atoms with Crippen molar-refractivity contribution in [2.75, 3.05) is 20.5 Å². The second-order valence-electron chi connectivity index (χ2n) is 5.15. The first kappa shape index (κ1) is 13.1. The van der Waals surface area contributed by atoms with Crippen LogP contribution in [0.5, 0.6) is 0 Å². The molecule has 4 heteroatoms. The topological polar surface area (TPSA) is 40.2 Å². The Morgan fingerprint density at radius 1 is 1.26 bits per heavy atom. The lowest BCUT2D eigenvalue weighted by atomic mass is 10.1. The molecule has 104 valence electrons. The number of ether oxygens (including phenoxy) is 4. The first-order chi connectivity index (χ1) is 9.38. The van der Waals surface area contributed by atoms with Gasteiger partial charge in [0.05, 0.1) is 31.5 Å². The zero-order valence-electron chi connectivity index (χ0n) is 11.2. The van der Waals surface area contributed by atoms with Gasteiger partial charge in [-0.3, -0.25) is 0 Å². The van der Waals surface area contributed by atoms with Crippen molar-refractivity contribution < 1.29 is 18.9 Å². The summed E-state index contributed by atoms with van der Waals surface area (Å²) in [7, 11) is 1.65. The van der Waals surface area contributed by atoms with Crippen LogP contribution < -0.4 is 0 Å². The molecule has 0 unspecified atom stereocenters. The van der Waals surface area contributed by atoms with E-state index in [1.54, 1.807) is 7.11 Å². The predicted octanol–water partition coefficient (Wildman–Crippen LogP) is 1.98. The molecule has 1 aliphatic carbocycles. The molecule has 0 N–H and O–H groups in total. The van der Waals surface area contributed by atoms with Gasteiger partial charge in [-0.05, 0) is 5.56 Å². The molecule has 1 saturated carbocycles. The second-order valence-corrected chi connectivity index (χ2v) is 5.15. The number of hydrogen-bond donors (Lipinski definition) is 0. The average Bonchev–Trinajstić information content (AvgIpc) is 3.13. The Bertz CT molecular complexity index is 394. The molecule has 1 aliphatic heterocycles. The zero-order valence-corrected chi connectivity index (χ0v) is 11.2. The largest absolute Gasteiger partial charge is 0.376 e. The van der Waals surface area contributed by atoms with E-state index in [2.05, 4.69) is 12.1 Å². The van der Waals surface area contributed by atoms with E-state index in [0.29, 0.717) is 38.1 Å². The van der Waals surface area contributed by atoms with Crippen LogP contribution in [-0.4, -0.2) is 38.8 Å². The molecule has 0 radical (unpaired) electrons. The van der Waals surface area contributed by atoms with Crippen molar-refractivity contribution in [3.63, 3.8) is 0 Å². The van der Waals surface area contributed by atoms with Crippen LogP contribution in [0.25, 0.3) is 0 Å². The minimum Gasteiger partial charge on any atom is -0.376 e. The first-order valence-corrected chi connectivity index (χ1v) is 6.76. The molecular formula is C15H20O4. The standard InChI is InChI=1S/C15H20O4/c1-16-10-18-13-7-14-15(19-14)12(13)9-17-8-11-5-3-2-4-6-11/h2-6,12-15H,7-10H2,1H3/t12-,13+,14+,15-/m1/s1. The third kappa shape index (κ3) is 3.15. The van der Waals surface area contributed by atoms with Gasteiger partial charge in [-0.15, -0.1) is 0 Å². The van der Waals surface area contributed by atoms with Crippen LogP contribution >= 0.6 is 0 Å². The Balaban J connectivity index is 1.45. The molecule has 0 amide bonds. The minimum atomic E-state index is 0.208. The van der Waals surface area contributed by atoms with E-state index in [4.69, 9.17) is 18.9 Å². The molecule has 1 saturated heterocycles. The lowest BCUT2D eigenvalue weighted by molar-refractivity contribution is -0.108. The maximum atomic E-state index is 5.81. The Hall–Kier alpha value is -0.940. The SMILES string of the molecule is COCO[C@H]1C[C@@H]2O[C@@H]2[C@@H]1COCc1ccccc1. The van der Waals surface area contributed by atoms with Gasteiger partial charge >= 0.3 is 0 Å². The minimum absolute atomic E-state index is 0.208. The summed E-state index contributed by atoms with van der Waals surface area (Å²) in [5.41, 5.74) is 1.20. The smallest absolute Gasteiger partial charge is 0.146 e. The van der Waals surface area contributed by atoms with Crippen molar-refractivity contribution in [2.24, 2.45) is 5.92 Å². The molecule has 4 atom stereocenters. The van der Waals surface area contributed by atoms with Crippen LogP contribution in [0.1, 0.15) is 12.0 Å². The van der Waals surface area contributed by atoms with E-state index in [9.17, 15) is 0 Å². The zero-order chi connectivity index (χ0) is 13.1. The summed E-state index contributed by atoms with van der Waals surface area (Å²) in [6.07, 6.45) is 1.89. The van der Waals surface area contributed by atoms with Crippen molar-refractivity contribution in [3.8, 4) is 0 Å². The average molecular weight is 264 g/mol. The molecule has 19 heavy (non-hydrogen) atoms. The highest BCUT2D eigenvalue weighted by Crippen LogP contribution is 2.44. The third-order valence-electron chi connectivity index (χ3n) is 3.81. The molecule has 2 aliphatic rings. The molecule has 1 heterocycles. The number of rotatable bonds is 7. The van der Waals surface area contributed by atoms with Crippen LogP contribution in [0, 0.1) is 5.92 Å². The number of benzene rings is 1. The van der Waals surface area contributed by atoms with Gasteiger partial charge in [0, 0.05) is 19.4 Å². The van der Waals surface area contributed by atoms with E-state index >= 15 is 0 Å². The predicted molar refractivity (Wildman–Crippen MR) is 69.6 cm³/mol. The van der Waals surface area contributed by atoms with Crippen molar-refractivity contribution in [2.45, 2.75) is 31.3 Å². The summed E-state index contributed by atoms with van der Waals surface area (Å²) in [5.74, 6) is 0.337. The van der Waals surface area contributed by atoms with E-state index in [1.807, 2.05) is 18.2 Å². The number of methoxy groups -OCH3 is 1. The molecule has 3 rings (SSSR count). The normalized spacial score (nSPS) is 32.3. The summed E-state index contributed by atoms with van der Waals surface area (Å²) in [6.45, 7) is 1.68. The number of hydrogen-bond acceptors (Lipinski definition) is 4. The summed E-state index contributed by atoms with van der Waals surface area (Å²) in [6, 6.07) is 10.2. The quantitative estimate of drug-likeness (QED) is 0.558. The van der Waals surface area contributed by atoms with Crippen LogP contribution in [-0.2, 0) is 25.6 Å². The van der Waals surface area contributed by atoms with Crippen LogP contribution in [0.4, 0.5) is 0 Å². The fourth-order valence-electron chi connectivity index (χ4n) is 2.77. The van der Waals surface area contributed by atoms with Crippen molar-refractivity contribution in [3.05, 3.63) is 35.9 Å². The van der Waals surface area contributed by atoms with Crippen LogP contribution in [0.15, 0.2) is 30.3 Å². The highest BCUT2D eigenvalue weighted by molar-refractivity contribution is 5.13. The Morgan fingerprint density at radius 3 is 2.89 bits per heavy atom. The summed E-state index contributed by atoms with van der Waals surface area (Å²) in [5, 5.41) is 0. The van der Waals surface area contributed by atoms with Crippen molar-refractivity contribution >= 4 is 0 Å². The van der Waals surface area contributed by atoms with E-state index in [-0.39, 0.29) is 6.10 Å². The molecule has 2 fully saturated rings. The Morgan fingerprint density at radius 2 is 2.11 bits per heavy atom. The number of epoxide rings is 1. The van der Waals surface area contributed by atoms with Gasteiger partial charge in [0.15, 0.2) is 0 Å². The molecule has 0 bridgehead atoms. The Labute approximate surface area is 113 Å². The molecule has 1 aromatic carbocycles. The van der Waals surface area contributed by atoms with Gasteiger partial charge in [0.2, 0.25) is 0 Å². The highest BCUT2D eigenvalue weighted by Gasteiger charge is 2.56. The van der Waals surface area contributed by atoms with Gasteiger partial charge < -0.3 is 18.9 Å². The van der Waals surface area contributed by atoms with Crippen LogP contribution in [0.2, 0.25) is 0 Å². The van der Waals surface area contributed by atoms with Gasteiger partial charge in [0.25, 0.3) is 0 Å². The maximum Gasteiger partial charge on any atom is 0.146 e. The summed E-state index contributed by atoms with van der Waals surface area (Å²) >= 11 is 0. The Kier molecular flexibility index (Phi) is 4.13. The highest BCUT2D eigenvalue weighted by atomic mass is 16.7. The maximum absolute atomic E-state index is 5.81. The molecule has 1 aromatic rings. The van der Waals surface area contributed by atoms with Crippen molar-refractivity contribution in [1.82, 2.24) is 0 Å². The lowest BCUT2D eigenvalue weighted by Crippen LogP contribution is -2.28. The van der Waals surface area contributed by atoms with Gasteiger partial charge in [-0.25, -0.2) is 0 Å². The van der Waals surface area contributed by atoms with Crippen LogP contribution in [0.3, 0.4) is 0 Å². The van der Waals surface area contributed by atoms with E-state index in [1.165, 1.54) is 5.56 Å². The fourth-order valence-corrected chi connectivity index (χ4v) is 2.77. The molecule has 0 spiro atoms. The van der Waals surface area contributed by atoms with E-state index < -0.39 is 0 Å². The summed E-state index contributed by atoms with van der Waals surface area (Å²) in [4.78, 5) is 0. The monoisotopic (exact) mass is 264 g/mol. The molecule has 4 nitrogen and oxygen atoms in total. The van der Waals surface area contributed by atoms with Gasteiger partial charge in [0.1, 0.15) is 6.79 Å². The van der Waals surface area contributed by atoms with Gasteiger partial charge in [-0.1, -0.05) is 30.3 Å². The molecule has 0 aromatic heterocycles. The van der Waals surface area contributed by atoms with Crippen molar-refractivity contribution in [1.29, 1.82) is 0 Å². The van der Waals surface area contributed by atoms with E-state index in [0.717, 1.165) is 6.42 Å². The summed E-state index contributed by atoms with van der Waals surface area (Å²) < 4.78 is 22.0. The molecular weight excluding hydrogens is 244 g/mol. The first-order valence-electron chi connectivity index (χ1n) is 6.76. The van der Waals surface area contributed by atoms with Gasteiger partial charge in [-0.2, -0.15) is 0 Å². The third-order valence-corrected chi connectivity index (χ3v) is 3.81. The second kappa shape index (κ2) is 6.01. The number of fused-ring (bicyclic) bond motifs is 1.